The van der Waals surface area contributed by atoms with E-state index in [1.54, 1.807) is 6.07 Å². The van der Waals surface area contributed by atoms with E-state index in [1.807, 2.05) is 0 Å². The molecule has 0 heterocycles. The second-order valence-electron chi connectivity index (χ2n) is 5.10. The first-order chi connectivity index (χ1) is 11.8. The molecule has 1 amide bonds. The number of carboxylic acid groups (broad SMARTS) is 1. The molecule has 7 nitrogen and oxygen atoms in total. The fourth-order valence-electron chi connectivity index (χ4n) is 2.05. The Kier molecular flexibility index (Phi) is 5.51. The first kappa shape index (κ1) is 18.2. The molecule has 2 aromatic rings. The number of hydrogen-bond acceptors (Lipinski definition) is 4. The Morgan fingerprint density at radius 2 is 1.92 bits per heavy atom. The fourth-order valence-corrected chi connectivity index (χ4v) is 2.21. The number of anilines is 1. The smallest absolute Gasteiger partial charge is 0.335 e. The summed E-state index contributed by atoms with van der Waals surface area (Å²) in [5.41, 5.74) is 0.471. The lowest BCUT2D eigenvalue weighted by Gasteiger charge is -2.08. The van der Waals surface area contributed by atoms with Gasteiger partial charge in [0.05, 0.1) is 26.8 Å². The molecule has 0 aliphatic heterocycles. The maximum atomic E-state index is 12.3. The van der Waals surface area contributed by atoms with Crippen LogP contribution in [0.4, 0.5) is 11.4 Å². The molecule has 0 bridgehead atoms. The van der Waals surface area contributed by atoms with Crippen molar-refractivity contribution >= 4 is 40.9 Å². The molecule has 2 rings (SSSR count). The molecule has 0 aromatic heterocycles. The van der Waals surface area contributed by atoms with E-state index in [2.05, 4.69) is 5.32 Å². The molecule has 0 fully saturated rings. The number of nitrogens with zero attached hydrogens (tertiary/aromatic N) is 1. The third-order valence-corrected chi connectivity index (χ3v) is 3.65. The molecule has 0 aliphatic carbocycles. The molecule has 0 atom stereocenters. The van der Waals surface area contributed by atoms with Crippen molar-refractivity contribution in [2.24, 2.45) is 0 Å². The van der Waals surface area contributed by atoms with Gasteiger partial charge < -0.3 is 10.4 Å². The van der Waals surface area contributed by atoms with Crippen molar-refractivity contribution in [1.82, 2.24) is 0 Å². The topological polar surface area (TPSA) is 110 Å². The van der Waals surface area contributed by atoms with Crippen molar-refractivity contribution in [3.05, 3.63) is 74.3 Å². The molecule has 0 unspecified atom stereocenters. The van der Waals surface area contributed by atoms with Crippen LogP contribution in [0.3, 0.4) is 0 Å². The molecule has 2 aromatic carbocycles. The lowest BCUT2D eigenvalue weighted by Crippen LogP contribution is -2.13. The number of hydrogen-bond donors (Lipinski definition) is 2. The average Bonchev–Trinajstić information content (AvgIpc) is 2.56. The number of rotatable bonds is 5. The SMILES string of the molecule is CC(=Cc1ccccc1[N+](=O)[O-])C(=O)Nc1cc(C(=O)O)ccc1Cl. The average molecular weight is 361 g/mol. The standard InChI is InChI=1S/C17H13ClN2O5/c1-10(8-11-4-2-3-5-15(11)20(24)25)16(21)19-14-9-12(17(22)23)6-7-13(14)18/h2-9H,1H3,(H,19,21)(H,22,23). The van der Waals surface area contributed by atoms with Crippen LogP contribution in [-0.2, 0) is 4.79 Å². The Hall–Kier alpha value is -3.19. The number of carboxylic acids is 1. The van der Waals surface area contributed by atoms with Crippen LogP contribution < -0.4 is 5.32 Å². The van der Waals surface area contributed by atoms with Gasteiger partial charge in [0.2, 0.25) is 0 Å². The molecular weight excluding hydrogens is 348 g/mol. The molecule has 0 saturated heterocycles. The monoisotopic (exact) mass is 360 g/mol. The van der Waals surface area contributed by atoms with Crippen LogP contribution in [0.1, 0.15) is 22.8 Å². The van der Waals surface area contributed by atoms with E-state index in [-0.39, 0.29) is 33.1 Å². The highest BCUT2D eigenvalue weighted by atomic mass is 35.5. The molecule has 0 spiro atoms. The largest absolute Gasteiger partial charge is 0.478 e. The summed E-state index contributed by atoms with van der Waals surface area (Å²) >= 11 is 5.96. The van der Waals surface area contributed by atoms with Gasteiger partial charge in [0.25, 0.3) is 11.6 Å². The molecule has 0 radical (unpaired) electrons. The van der Waals surface area contributed by atoms with Crippen LogP contribution in [0.25, 0.3) is 6.08 Å². The van der Waals surface area contributed by atoms with Crippen molar-refractivity contribution < 1.29 is 19.6 Å². The van der Waals surface area contributed by atoms with Crippen molar-refractivity contribution in [2.75, 3.05) is 5.32 Å². The van der Waals surface area contributed by atoms with E-state index in [0.717, 1.165) is 0 Å². The number of benzene rings is 2. The van der Waals surface area contributed by atoms with E-state index in [0.29, 0.717) is 0 Å². The Morgan fingerprint density at radius 1 is 1.24 bits per heavy atom. The number of carbonyl (C=O) groups is 2. The number of carbonyl (C=O) groups excluding carboxylic acids is 1. The number of nitro groups is 1. The van der Waals surface area contributed by atoms with Crippen molar-refractivity contribution in [3.8, 4) is 0 Å². The van der Waals surface area contributed by atoms with Gasteiger partial charge in [-0.2, -0.15) is 0 Å². The minimum atomic E-state index is -1.15. The van der Waals surface area contributed by atoms with E-state index in [9.17, 15) is 19.7 Å². The highest BCUT2D eigenvalue weighted by molar-refractivity contribution is 6.34. The van der Waals surface area contributed by atoms with Crippen molar-refractivity contribution in [2.45, 2.75) is 6.92 Å². The van der Waals surface area contributed by atoms with Gasteiger partial charge >= 0.3 is 5.97 Å². The maximum Gasteiger partial charge on any atom is 0.335 e. The van der Waals surface area contributed by atoms with Crippen molar-refractivity contribution in [3.63, 3.8) is 0 Å². The number of aromatic carboxylic acids is 1. The summed E-state index contributed by atoms with van der Waals surface area (Å²) in [6.45, 7) is 1.49. The Labute approximate surface area is 147 Å². The minimum absolute atomic E-state index is 0.0278. The fraction of sp³-hybridized carbons (Fsp3) is 0.0588. The van der Waals surface area contributed by atoms with Gasteiger partial charge in [0, 0.05) is 11.6 Å². The van der Waals surface area contributed by atoms with Gasteiger partial charge in [-0.15, -0.1) is 0 Å². The third kappa shape index (κ3) is 4.42. The quantitative estimate of drug-likeness (QED) is 0.476. The number of nitrogens with one attached hydrogen (secondary N) is 1. The normalized spacial score (nSPS) is 11.0. The molecule has 0 aliphatic rings. The summed E-state index contributed by atoms with van der Waals surface area (Å²) in [5.74, 6) is -1.71. The molecule has 0 saturated carbocycles. The predicted octanol–water partition coefficient (Wildman–Crippen LogP) is 3.99. The lowest BCUT2D eigenvalue weighted by molar-refractivity contribution is -0.385. The maximum absolute atomic E-state index is 12.3. The van der Waals surface area contributed by atoms with E-state index in [4.69, 9.17) is 16.7 Å². The van der Waals surface area contributed by atoms with E-state index in [1.165, 1.54) is 49.4 Å². The number of amides is 1. The Balaban J connectivity index is 2.28. The van der Waals surface area contributed by atoms with E-state index >= 15 is 0 Å². The predicted molar refractivity (Wildman–Crippen MR) is 93.8 cm³/mol. The van der Waals surface area contributed by atoms with E-state index < -0.39 is 16.8 Å². The second kappa shape index (κ2) is 7.59. The van der Waals surface area contributed by atoms with Gasteiger partial charge in [0.1, 0.15) is 0 Å². The number of halogens is 1. The third-order valence-electron chi connectivity index (χ3n) is 3.33. The van der Waals surface area contributed by atoms with Gasteiger partial charge in [-0.05, 0) is 37.3 Å². The second-order valence-corrected chi connectivity index (χ2v) is 5.50. The minimum Gasteiger partial charge on any atom is -0.478 e. The molecule has 2 N–H and O–H groups in total. The summed E-state index contributed by atoms with van der Waals surface area (Å²) in [6.07, 6.45) is 1.38. The Morgan fingerprint density at radius 3 is 2.56 bits per heavy atom. The van der Waals surface area contributed by atoms with Gasteiger partial charge in [-0.25, -0.2) is 4.79 Å². The number of para-hydroxylation sites is 1. The molecule has 8 heteroatoms. The molecular formula is C17H13ClN2O5. The zero-order chi connectivity index (χ0) is 18.6. The summed E-state index contributed by atoms with van der Waals surface area (Å²) < 4.78 is 0. The zero-order valence-electron chi connectivity index (χ0n) is 13.0. The van der Waals surface area contributed by atoms with Gasteiger partial charge in [-0.1, -0.05) is 23.7 Å². The summed E-state index contributed by atoms with van der Waals surface area (Å²) in [7, 11) is 0. The summed E-state index contributed by atoms with van der Waals surface area (Å²) in [6, 6.07) is 9.93. The van der Waals surface area contributed by atoms with Crippen molar-refractivity contribution in [1.29, 1.82) is 0 Å². The lowest BCUT2D eigenvalue weighted by atomic mass is 10.1. The van der Waals surface area contributed by atoms with Crippen LogP contribution in [0.5, 0.6) is 0 Å². The van der Waals surface area contributed by atoms with Crippen LogP contribution in [-0.4, -0.2) is 21.9 Å². The molecule has 25 heavy (non-hydrogen) atoms. The first-order valence-corrected chi connectivity index (χ1v) is 7.43. The van der Waals surface area contributed by atoms with Crippen LogP contribution in [0.2, 0.25) is 5.02 Å². The van der Waals surface area contributed by atoms with Gasteiger partial charge in [-0.3, -0.25) is 14.9 Å². The van der Waals surface area contributed by atoms with Crippen LogP contribution in [0.15, 0.2) is 48.0 Å². The summed E-state index contributed by atoms with van der Waals surface area (Å²) in [5, 5.41) is 22.7. The first-order valence-electron chi connectivity index (χ1n) is 7.05. The molecule has 128 valence electrons. The zero-order valence-corrected chi connectivity index (χ0v) is 13.8. The van der Waals surface area contributed by atoms with Gasteiger partial charge in [0.15, 0.2) is 0 Å². The van der Waals surface area contributed by atoms with Crippen LogP contribution in [0, 0.1) is 10.1 Å². The van der Waals surface area contributed by atoms with Crippen LogP contribution >= 0.6 is 11.6 Å². The highest BCUT2D eigenvalue weighted by Gasteiger charge is 2.14. The Bertz CT molecular complexity index is 892. The number of nitro benzene ring substituents is 1. The highest BCUT2D eigenvalue weighted by Crippen LogP contribution is 2.25. The summed E-state index contributed by atoms with van der Waals surface area (Å²) in [4.78, 5) is 33.7.